The lowest BCUT2D eigenvalue weighted by Crippen LogP contribution is -2.48. The van der Waals surface area contributed by atoms with Crippen molar-refractivity contribution >= 4 is 23.4 Å². The van der Waals surface area contributed by atoms with E-state index in [0.29, 0.717) is 18.1 Å². The zero-order chi connectivity index (χ0) is 20.5. The Hall–Kier alpha value is -2.33. The topological polar surface area (TPSA) is 49.4 Å². The molecule has 4 nitrogen and oxygen atoms in total. The molecular formula is C23H29ClN2O2. The van der Waals surface area contributed by atoms with Crippen LogP contribution in [-0.4, -0.2) is 29.3 Å². The van der Waals surface area contributed by atoms with Gasteiger partial charge < -0.3 is 10.2 Å². The van der Waals surface area contributed by atoms with Crippen LogP contribution in [0.2, 0.25) is 5.02 Å². The van der Waals surface area contributed by atoms with Gasteiger partial charge in [0, 0.05) is 18.1 Å². The number of nitrogens with zero attached hydrogens (tertiary/aromatic N) is 1. The normalized spacial score (nSPS) is 11.7. The molecule has 0 aliphatic carbocycles. The van der Waals surface area contributed by atoms with Crippen molar-refractivity contribution in [3.05, 3.63) is 70.2 Å². The number of halogens is 1. The summed E-state index contributed by atoms with van der Waals surface area (Å²) in [5, 5.41) is 3.57. The maximum Gasteiger partial charge on any atom is 0.242 e. The van der Waals surface area contributed by atoms with Crippen molar-refractivity contribution in [2.75, 3.05) is 6.54 Å². The number of benzene rings is 2. The molecule has 2 aromatic rings. The lowest BCUT2D eigenvalue weighted by molar-refractivity contribution is -0.140. The predicted molar refractivity (Wildman–Crippen MR) is 114 cm³/mol. The van der Waals surface area contributed by atoms with Crippen LogP contribution < -0.4 is 5.32 Å². The molecule has 0 saturated carbocycles. The second-order valence-electron chi connectivity index (χ2n) is 7.13. The summed E-state index contributed by atoms with van der Waals surface area (Å²) in [5.74, 6) is -0.201. The molecule has 5 heteroatoms. The summed E-state index contributed by atoms with van der Waals surface area (Å²) in [7, 11) is 0. The number of carbonyl (C=O) groups is 2. The smallest absolute Gasteiger partial charge is 0.242 e. The van der Waals surface area contributed by atoms with Crippen LogP contribution in [0.5, 0.6) is 0 Å². The number of hydrogen-bond donors (Lipinski definition) is 1. The highest BCUT2D eigenvalue weighted by atomic mass is 35.5. The first-order valence-electron chi connectivity index (χ1n) is 9.78. The molecule has 0 spiro atoms. The van der Waals surface area contributed by atoms with E-state index in [1.807, 2.05) is 43.3 Å². The molecule has 2 rings (SSSR count). The van der Waals surface area contributed by atoms with E-state index in [-0.39, 0.29) is 18.2 Å². The monoisotopic (exact) mass is 400 g/mol. The lowest BCUT2D eigenvalue weighted by Gasteiger charge is -2.29. The summed E-state index contributed by atoms with van der Waals surface area (Å²) in [6.07, 6.45) is 2.17. The van der Waals surface area contributed by atoms with E-state index < -0.39 is 6.04 Å². The predicted octanol–water partition coefficient (Wildman–Crippen LogP) is 4.52. The molecule has 28 heavy (non-hydrogen) atoms. The molecule has 2 amide bonds. The SMILES string of the molecule is CCCCNC(=O)[C@H](C)N(Cc1cccc(C)c1)C(=O)Cc1ccc(Cl)cc1. The zero-order valence-corrected chi connectivity index (χ0v) is 17.6. The van der Waals surface area contributed by atoms with E-state index in [1.165, 1.54) is 0 Å². The third kappa shape index (κ3) is 6.68. The summed E-state index contributed by atoms with van der Waals surface area (Å²) >= 11 is 5.94. The molecule has 1 atom stereocenters. The number of carbonyl (C=O) groups excluding carboxylic acids is 2. The van der Waals surface area contributed by atoms with Crippen LogP contribution in [0.3, 0.4) is 0 Å². The Labute approximate surface area is 172 Å². The third-order valence-electron chi connectivity index (χ3n) is 4.70. The van der Waals surface area contributed by atoms with E-state index in [0.717, 1.165) is 29.5 Å². The maximum atomic E-state index is 13.1. The molecule has 0 unspecified atom stereocenters. The van der Waals surface area contributed by atoms with E-state index in [1.54, 1.807) is 24.0 Å². The average molecular weight is 401 g/mol. The minimum atomic E-state index is -0.544. The maximum absolute atomic E-state index is 13.1. The molecule has 1 N–H and O–H groups in total. The second-order valence-corrected chi connectivity index (χ2v) is 7.57. The van der Waals surface area contributed by atoms with Gasteiger partial charge in [0.1, 0.15) is 6.04 Å². The largest absolute Gasteiger partial charge is 0.354 e. The highest BCUT2D eigenvalue weighted by Gasteiger charge is 2.26. The molecule has 150 valence electrons. The number of nitrogens with one attached hydrogen (secondary N) is 1. The van der Waals surface area contributed by atoms with Crippen LogP contribution >= 0.6 is 11.6 Å². The first kappa shape index (κ1) is 22.0. The van der Waals surface area contributed by atoms with Crippen molar-refractivity contribution < 1.29 is 9.59 Å². The van der Waals surface area contributed by atoms with Gasteiger partial charge in [-0.3, -0.25) is 9.59 Å². The fourth-order valence-electron chi connectivity index (χ4n) is 3.00. The Morgan fingerprint density at radius 1 is 1.11 bits per heavy atom. The first-order chi connectivity index (χ1) is 13.4. The van der Waals surface area contributed by atoms with E-state index in [9.17, 15) is 9.59 Å². The number of aryl methyl sites for hydroxylation is 1. The van der Waals surface area contributed by atoms with Gasteiger partial charge in [0.15, 0.2) is 0 Å². The Bertz CT molecular complexity index is 789. The van der Waals surface area contributed by atoms with Crippen LogP contribution in [0.1, 0.15) is 43.4 Å². The quantitative estimate of drug-likeness (QED) is 0.629. The van der Waals surface area contributed by atoms with Crippen molar-refractivity contribution in [1.29, 1.82) is 0 Å². The standard InChI is InChI=1S/C23H29ClN2O2/c1-4-5-13-25-23(28)18(3)26(16-20-8-6-7-17(2)14-20)22(27)15-19-9-11-21(24)12-10-19/h6-12,14,18H,4-5,13,15-16H2,1-3H3,(H,25,28)/t18-/m0/s1. The van der Waals surface area contributed by atoms with Gasteiger partial charge in [0.2, 0.25) is 11.8 Å². The molecule has 0 aromatic heterocycles. The van der Waals surface area contributed by atoms with Crippen LogP contribution in [0.25, 0.3) is 0 Å². The minimum Gasteiger partial charge on any atom is -0.354 e. The van der Waals surface area contributed by atoms with Gasteiger partial charge in [-0.1, -0.05) is 66.9 Å². The van der Waals surface area contributed by atoms with Crippen LogP contribution in [-0.2, 0) is 22.6 Å². The summed E-state index contributed by atoms with van der Waals surface area (Å²) < 4.78 is 0. The summed E-state index contributed by atoms with van der Waals surface area (Å²) in [5.41, 5.74) is 3.02. The number of hydrogen-bond acceptors (Lipinski definition) is 2. The fraction of sp³-hybridized carbons (Fsp3) is 0.391. The number of amides is 2. The van der Waals surface area contributed by atoms with Crippen molar-refractivity contribution in [2.45, 2.75) is 52.6 Å². The molecule has 0 aliphatic heterocycles. The average Bonchev–Trinajstić information content (AvgIpc) is 2.67. The minimum absolute atomic E-state index is 0.0815. The van der Waals surface area contributed by atoms with Crippen LogP contribution in [0.4, 0.5) is 0 Å². The molecule has 0 radical (unpaired) electrons. The number of unbranched alkanes of at least 4 members (excludes halogenated alkanes) is 1. The summed E-state index contributed by atoms with van der Waals surface area (Å²) in [4.78, 5) is 27.3. The molecule has 0 saturated heterocycles. The van der Waals surface area contributed by atoms with Crippen molar-refractivity contribution in [3.63, 3.8) is 0 Å². The Kier molecular flexibility index (Phi) is 8.52. The van der Waals surface area contributed by atoms with Crippen LogP contribution in [0, 0.1) is 6.92 Å². The Morgan fingerprint density at radius 3 is 2.46 bits per heavy atom. The zero-order valence-electron chi connectivity index (χ0n) is 16.9. The summed E-state index contributed by atoms with van der Waals surface area (Å²) in [6, 6.07) is 14.7. The van der Waals surface area contributed by atoms with Gasteiger partial charge in [0.05, 0.1) is 6.42 Å². The molecule has 0 fully saturated rings. The Morgan fingerprint density at radius 2 is 1.82 bits per heavy atom. The van der Waals surface area contributed by atoms with Crippen molar-refractivity contribution in [1.82, 2.24) is 10.2 Å². The molecule has 0 bridgehead atoms. The van der Waals surface area contributed by atoms with Gasteiger partial charge in [-0.15, -0.1) is 0 Å². The Balaban J connectivity index is 2.17. The first-order valence-corrected chi connectivity index (χ1v) is 10.2. The molecule has 0 aliphatic rings. The number of rotatable bonds is 9. The van der Waals surface area contributed by atoms with Crippen molar-refractivity contribution in [2.24, 2.45) is 0 Å². The van der Waals surface area contributed by atoms with E-state index in [2.05, 4.69) is 12.2 Å². The van der Waals surface area contributed by atoms with E-state index >= 15 is 0 Å². The van der Waals surface area contributed by atoms with Crippen molar-refractivity contribution in [3.8, 4) is 0 Å². The van der Waals surface area contributed by atoms with Crippen LogP contribution in [0.15, 0.2) is 48.5 Å². The lowest BCUT2D eigenvalue weighted by atomic mass is 10.1. The fourth-order valence-corrected chi connectivity index (χ4v) is 3.13. The highest BCUT2D eigenvalue weighted by Crippen LogP contribution is 2.15. The van der Waals surface area contributed by atoms with Gasteiger partial charge in [0.25, 0.3) is 0 Å². The molecule has 0 heterocycles. The van der Waals surface area contributed by atoms with Gasteiger partial charge in [-0.05, 0) is 43.5 Å². The third-order valence-corrected chi connectivity index (χ3v) is 4.95. The van der Waals surface area contributed by atoms with Gasteiger partial charge in [-0.25, -0.2) is 0 Å². The van der Waals surface area contributed by atoms with Gasteiger partial charge >= 0.3 is 0 Å². The molecular weight excluding hydrogens is 372 g/mol. The molecule has 2 aromatic carbocycles. The summed E-state index contributed by atoms with van der Waals surface area (Å²) in [6.45, 7) is 6.91. The van der Waals surface area contributed by atoms with Gasteiger partial charge in [-0.2, -0.15) is 0 Å². The highest BCUT2D eigenvalue weighted by molar-refractivity contribution is 6.30. The second kappa shape index (κ2) is 10.9. The van der Waals surface area contributed by atoms with E-state index in [4.69, 9.17) is 11.6 Å².